The second kappa shape index (κ2) is 7.88. The van der Waals surface area contributed by atoms with Gasteiger partial charge in [0, 0.05) is 11.1 Å². The van der Waals surface area contributed by atoms with Crippen LogP contribution in [0.5, 0.6) is 0 Å². The van der Waals surface area contributed by atoms with E-state index in [1.165, 1.54) is 29.9 Å². The SMILES string of the molecule is C=CCN=c1scc(-c2cccs2)n1N=C1CCC(CC)CC1. The Bertz CT molecular complexity index is 725. The van der Waals surface area contributed by atoms with Crippen LogP contribution in [0.1, 0.15) is 39.0 Å². The lowest BCUT2D eigenvalue weighted by Crippen LogP contribution is -2.18. The summed E-state index contributed by atoms with van der Waals surface area (Å²) in [5.41, 5.74) is 2.46. The summed E-state index contributed by atoms with van der Waals surface area (Å²) in [4.78, 5) is 6.81. The third kappa shape index (κ3) is 3.90. The Morgan fingerprint density at radius 2 is 2.17 bits per heavy atom. The molecule has 1 aliphatic rings. The average Bonchev–Trinajstić information content (AvgIpc) is 3.23. The first-order valence-corrected chi connectivity index (χ1v) is 10.00. The standard InChI is InChI=1S/C18H23N3S2/c1-3-11-19-18-21(16(13-23-18)17-6-5-12-22-17)20-15-9-7-14(4-2)8-10-15/h3,5-6,12-14H,1,4,7-11H2,2H3. The molecule has 0 N–H and O–H groups in total. The number of rotatable bonds is 5. The van der Waals surface area contributed by atoms with Gasteiger partial charge in [-0.25, -0.2) is 4.68 Å². The zero-order valence-electron chi connectivity index (χ0n) is 13.6. The van der Waals surface area contributed by atoms with E-state index in [0.29, 0.717) is 6.54 Å². The van der Waals surface area contributed by atoms with Crippen LogP contribution >= 0.6 is 22.7 Å². The van der Waals surface area contributed by atoms with E-state index in [0.717, 1.165) is 29.3 Å². The molecule has 2 aromatic rings. The van der Waals surface area contributed by atoms with Gasteiger partial charge in [0.25, 0.3) is 0 Å². The highest BCUT2D eigenvalue weighted by Gasteiger charge is 2.17. The van der Waals surface area contributed by atoms with Crippen molar-refractivity contribution in [3.63, 3.8) is 0 Å². The van der Waals surface area contributed by atoms with Crippen LogP contribution in [0.2, 0.25) is 0 Å². The molecule has 0 unspecified atom stereocenters. The van der Waals surface area contributed by atoms with Gasteiger partial charge in [-0.1, -0.05) is 25.5 Å². The summed E-state index contributed by atoms with van der Waals surface area (Å²) < 4.78 is 2.04. The summed E-state index contributed by atoms with van der Waals surface area (Å²) in [6.07, 6.45) is 7.90. The van der Waals surface area contributed by atoms with Gasteiger partial charge in [-0.05, 0) is 43.0 Å². The summed E-state index contributed by atoms with van der Waals surface area (Å²) >= 11 is 3.40. The molecule has 0 amide bonds. The lowest BCUT2D eigenvalue weighted by molar-refractivity contribution is 0.428. The van der Waals surface area contributed by atoms with Crippen molar-refractivity contribution in [2.45, 2.75) is 39.0 Å². The topological polar surface area (TPSA) is 29.6 Å². The van der Waals surface area contributed by atoms with E-state index in [1.54, 1.807) is 22.7 Å². The molecule has 2 aromatic heterocycles. The minimum atomic E-state index is 0.632. The Labute approximate surface area is 145 Å². The van der Waals surface area contributed by atoms with Crippen molar-refractivity contribution in [2.24, 2.45) is 16.0 Å². The van der Waals surface area contributed by atoms with E-state index in [9.17, 15) is 0 Å². The van der Waals surface area contributed by atoms with Crippen molar-refractivity contribution in [2.75, 3.05) is 6.54 Å². The van der Waals surface area contributed by atoms with E-state index < -0.39 is 0 Å². The maximum atomic E-state index is 4.98. The normalized spacial score (nSPS) is 19.1. The Hall–Kier alpha value is -1.46. The van der Waals surface area contributed by atoms with Gasteiger partial charge in [-0.2, -0.15) is 5.10 Å². The maximum absolute atomic E-state index is 4.98. The Morgan fingerprint density at radius 3 is 2.83 bits per heavy atom. The second-order valence-electron chi connectivity index (χ2n) is 5.84. The third-order valence-corrected chi connectivity index (χ3v) is 6.06. The van der Waals surface area contributed by atoms with Crippen molar-refractivity contribution in [1.29, 1.82) is 0 Å². The van der Waals surface area contributed by atoms with E-state index in [4.69, 9.17) is 5.10 Å². The van der Waals surface area contributed by atoms with Crippen LogP contribution in [0.3, 0.4) is 0 Å². The predicted octanol–water partition coefficient (Wildman–Crippen LogP) is 5.17. The van der Waals surface area contributed by atoms with E-state index in [-0.39, 0.29) is 0 Å². The molecule has 1 aliphatic carbocycles. The molecule has 0 saturated heterocycles. The third-order valence-electron chi connectivity index (χ3n) is 4.32. The Morgan fingerprint density at radius 1 is 1.35 bits per heavy atom. The molecular formula is C18H23N3S2. The van der Waals surface area contributed by atoms with E-state index >= 15 is 0 Å². The van der Waals surface area contributed by atoms with Gasteiger partial charge in [0.2, 0.25) is 4.80 Å². The van der Waals surface area contributed by atoms with Crippen LogP contribution in [-0.4, -0.2) is 16.9 Å². The summed E-state index contributed by atoms with van der Waals surface area (Å²) in [5, 5.41) is 9.25. The van der Waals surface area contributed by atoms with Gasteiger partial charge >= 0.3 is 0 Å². The minimum absolute atomic E-state index is 0.632. The molecule has 0 aliphatic heterocycles. The summed E-state index contributed by atoms with van der Waals surface area (Å²) in [5.74, 6) is 0.878. The fourth-order valence-electron chi connectivity index (χ4n) is 2.90. The molecule has 0 aromatic carbocycles. The first-order valence-electron chi connectivity index (χ1n) is 8.24. The van der Waals surface area contributed by atoms with Crippen molar-refractivity contribution in [3.8, 4) is 10.6 Å². The molecule has 1 saturated carbocycles. The number of hydrogen-bond donors (Lipinski definition) is 0. The first kappa shape index (κ1) is 16.4. The van der Waals surface area contributed by atoms with Gasteiger partial charge in [-0.3, -0.25) is 4.99 Å². The summed E-state index contributed by atoms with van der Waals surface area (Å²) in [6.45, 7) is 6.69. The number of nitrogens with zero attached hydrogens (tertiary/aromatic N) is 3. The van der Waals surface area contributed by atoms with Crippen molar-refractivity contribution in [3.05, 3.63) is 40.3 Å². The van der Waals surface area contributed by atoms with Gasteiger partial charge in [0.1, 0.15) is 0 Å². The monoisotopic (exact) mass is 345 g/mol. The molecule has 2 heterocycles. The van der Waals surface area contributed by atoms with E-state index in [1.807, 2.05) is 10.8 Å². The molecule has 23 heavy (non-hydrogen) atoms. The lowest BCUT2D eigenvalue weighted by Gasteiger charge is -2.21. The zero-order chi connectivity index (χ0) is 16.1. The number of hydrogen-bond acceptors (Lipinski definition) is 4. The highest BCUT2D eigenvalue weighted by molar-refractivity contribution is 7.14. The Balaban J connectivity index is 1.96. The fraction of sp³-hybridized carbons (Fsp3) is 0.444. The van der Waals surface area contributed by atoms with Crippen molar-refractivity contribution < 1.29 is 0 Å². The lowest BCUT2D eigenvalue weighted by atomic mass is 9.86. The number of thiazole rings is 1. The molecule has 122 valence electrons. The molecule has 0 radical (unpaired) electrons. The number of thiophene rings is 1. The molecule has 5 heteroatoms. The summed E-state index contributed by atoms with van der Waals surface area (Å²) in [7, 11) is 0. The van der Waals surface area contributed by atoms with Crippen molar-refractivity contribution >= 4 is 28.4 Å². The largest absolute Gasteiger partial charge is 0.253 e. The predicted molar refractivity (Wildman–Crippen MR) is 101 cm³/mol. The van der Waals surface area contributed by atoms with Crippen molar-refractivity contribution in [1.82, 2.24) is 4.68 Å². The van der Waals surface area contributed by atoms with Crippen LogP contribution in [0.15, 0.2) is 45.6 Å². The molecule has 3 rings (SSSR count). The molecule has 0 atom stereocenters. The average molecular weight is 346 g/mol. The molecule has 1 fully saturated rings. The maximum Gasteiger partial charge on any atom is 0.206 e. The van der Waals surface area contributed by atoms with Crippen LogP contribution < -0.4 is 4.80 Å². The smallest absolute Gasteiger partial charge is 0.206 e. The van der Waals surface area contributed by atoms with Crippen LogP contribution in [-0.2, 0) is 0 Å². The molecule has 0 bridgehead atoms. The highest BCUT2D eigenvalue weighted by atomic mass is 32.1. The Kier molecular flexibility index (Phi) is 5.62. The first-order chi connectivity index (χ1) is 11.3. The second-order valence-corrected chi connectivity index (χ2v) is 7.62. The van der Waals surface area contributed by atoms with Gasteiger partial charge < -0.3 is 0 Å². The van der Waals surface area contributed by atoms with Gasteiger partial charge in [0.15, 0.2) is 0 Å². The molecule has 3 nitrogen and oxygen atoms in total. The van der Waals surface area contributed by atoms with Gasteiger partial charge in [0.05, 0.1) is 17.1 Å². The summed E-state index contributed by atoms with van der Waals surface area (Å²) in [6, 6.07) is 4.23. The molecule has 0 spiro atoms. The zero-order valence-corrected chi connectivity index (χ0v) is 15.2. The minimum Gasteiger partial charge on any atom is -0.253 e. The van der Waals surface area contributed by atoms with Crippen LogP contribution in [0.25, 0.3) is 10.6 Å². The quantitative estimate of drug-likeness (QED) is 0.669. The molecular weight excluding hydrogens is 322 g/mol. The van der Waals surface area contributed by atoms with Crippen LogP contribution in [0, 0.1) is 5.92 Å². The van der Waals surface area contributed by atoms with E-state index in [2.05, 4.69) is 41.4 Å². The van der Waals surface area contributed by atoms with Gasteiger partial charge in [-0.15, -0.1) is 29.3 Å². The number of aromatic nitrogens is 1. The fourth-order valence-corrected chi connectivity index (χ4v) is 4.54. The van der Waals surface area contributed by atoms with Crippen LogP contribution in [0.4, 0.5) is 0 Å². The highest BCUT2D eigenvalue weighted by Crippen LogP contribution is 2.27.